The van der Waals surface area contributed by atoms with Crippen LogP contribution >= 0.6 is 0 Å². The summed E-state index contributed by atoms with van der Waals surface area (Å²) in [5, 5.41) is 11.6. The van der Waals surface area contributed by atoms with Gasteiger partial charge in [0, 0.05) is 18.6 Å². The molecule has 0 saturated heterocycles. The van der Waals surface area contributed by atoms with Crippen LogP contribution in [0.25, 0.3) is 0 Å². The highest BCUT2D eigenvalue weighted by Crippen LogP contribution is 2.10. The SMILES string of the molecule is CC(CCCO)NC(=O)C(C)C(C)C. The van der Waals surface area contributed by atoms with Gasteiger partial charge in [-0.1, -0.05) is 20.8 Å². The number of aliphatic hydroxyl groups excluding tert-OH is 1. The Morgan fingerprint density at radius 2 is 1.86 bits per heavy atom. The number of aliphatic hydroxyl groups is 1. The highest BCUT2D eigenvalue weighted by atomic mass is 16.2. The summed E-state index contributed by atoms with van der Waals surface area (Å²) in [5.74, 6) is 0.553. The molecule has 0 fully saturated rings. The number of carbonyl (C=O) groups excluding carboxylic acids is 1. The average Bonchev–Trinajstić information content (AvgIpc) is 2.13. The second-order valence-electron chi connectivity index (χ2n) is 4.31. The van der Waals surface area contributed by atoms with Gasteiger partial charge in [-0.05, 0) is 25.7 Å². The van der Waals surface area contributed by atoms with Crippen molar-refractivity contribution in [2.45, 2.75) is 46.6 Å². The smallest absolute Gasteiger partial charge is 0.223 e. The molecule has 0 aliphatic heterocycles. The summed E-state index contributed by atoms with van der Waals surface area (Å²) in [6.07, 6.45) is 1.59. The standard InChI is InChI=1S/C11H23NO2/c1-8(2)10(4)11(14)12-9(3)6-5-7-13/h8-10,13H,5-7H2,1-4H3,(H,12,14). The molecule has 0 rings (SSSR count). The molecule has 0 aromatic carbocycles. The molecule has 2 N–H and O–H groups in total. The Bertz CT molecular complexity index is 169. The minimum absolute atomic E-state index is 0.0616. The van der Waals surface area contributed by atoms with Crippen molar-refractivity contribution in [2.75, 3.05) is 6.61 Å². The summed E-state index contributed by atoms with van der Waals surface area (Å²) >= 11 is 0. The van der Waals surface area contributed by atoms with Gasteiger partial charge >= 0.3 is 0 Å². The lowest BCUT2D eigenvalue weighted by Gasteiger charge is -2.19. The summed E-state index contributed by atoms with van der Waals surface area (Å²) in [6.45, 7) is 8.20. The molecular formula is C11H23NO2. The highest BCUT2D eigenvalue weighted by molar-refractivity contribution is 5.78. The van der Waals surface area contributed by atoms with E-state index in [-0.39, 0.29) is 24.5 Å². The summed E-state index contributed by atoms with van der Waals surface area (Å²) < 4.78 is 0. The second-order valence-corrected chi connectivity index (χ2v) is 4.31. The predicted molar refractivity (Wildman–Crippen MR) is 57.9 cm³/mol. The maximum absolute atomic E-state index is 11.6. The predicted octanol–water partition coefficient (Wildman–Crippen LogP) is 1.56. The van der Waals surface area contributed by atoms with E-state index in [1.165, 1.54) is 0 Å². The molecule has 14 heavy (non-hydrogen) atoms. The molecule has 0 spiro atoms. The van der Waals surface area contributed by atoms with Gasteiger partial charge in [0.2, 0.25) is 5.91 Å². The van der Waals surface area contributed by atoms with E-state index in [4.69, 9.17) is 5.11 Å². The molecule has 0 heterocycles. The molecular weight excluding hydrogens is 178 g/mol. The van der Waals surface area contributed by atoms with E-state index in [2.05, 4.69) is 5.32 Å². The zero-order valence-corrected chi connectivity index (χ0v) is 9.71. The quantitative estimate of drug-likeness (QED) is 0.685. The molecule has 2 unspecified atom stereocenters. The summed E-state index contributed by atoms with van der Waals surface area (Å²) in [4.78, 5) is 11.6. The van der Waals surface area contributed by atoms with E-state index >= 15 is 0 Å². The Kier molecular flexibility index (Phi) is 6.54. The van der Waals surface area contributed by atoms with Crippen molar-refractivity contribution in [2.24, 2.45) is 11.8 Å². The minimum atomic E-state index is 0.0616. The molecule has 0 aromatic rings. The van der Waals surface area contributed by atoms with Gasteiger partial charge in [-0.25, -0.2) is 0 Å². The maximum Gasteiger partial charge on any atom is 0.223 e. The molecule has 0 aromatic heterocycles. The van der Waals surface area contributed by atoms with Crippen LogP contribution in [0.4, 0.5) is 0 Å². The molecule has 0 radical (unpaired) electrons. The van der Waals surface area contributed by atoms with Crippen LogP contribution in [0.15, 0.2) is 0 Å². The van der Waals surface area contributed by atoms with Crippen LogP contribution in [0, 0.1) is 11.8 Å². The van der Waals surface area contributed by atoms with Gasteiger partial charge in [0.15, 0.2) is 0 Å². The fourth-order valence-corrected chi connectivity index (χ4v) is 1.15. The fraction of sp³-hybridized carbons (Fsp3) is 0.909. The first-order valence-corrected chi connectivity index (χ1v) is 5.40. The Morgan fingerprint density at radius 3 is 2.29 bits per heavy atom. The van der Waals surface area contributed by atoms with Crippen LogP contribution in [-0.2, 0) is 4.79 Å². The third-order valence-corrected chi connectivity index (χ3v) is 2.60. The summed E-state index contributed by atoms with van der Waals surface area (Å²) in [7, 11) is 0. The van der Waals surface area contributed by atoms with Crippen molar-refractivity contribution in [3.8, 4) is 0 Å². The Labute approximate surface area is 86.9 Å². The molecule has 1 amide bonds. The monoisotopic (exact) mass is 201 g/mol. The number of hydrogen-bond donors (Lipinski definition) is 2. The third kappa shape index (κ3) is 5.22. The Balaban J connectivity index is 3.81. The van der Waals surface area contributed by atoms with E-state index < -0.39 is 0 Å². The van der Waals surface area contributed by atoms with Gasteiger partial charge in [-0.3, -0.25) is 4.79 Å². The van der Waals surface area contributed by atoms with Crippen molar-refractivity contribution < 1.29 is 9.90 Å². The average molecular weight is 201 g/mol. The first kappa shape index (κ1) is 13.4. The topological polar surface area (TPSA) is 49.3 Å². The molecule has 0 saturated carbocycles. The maximum atomic E-state index is 11.6. The van der Waals surface area contributed by atoms with Crippen LogP contribution in [0.2, 0.25) is 0 Å². The minimum Gasteiger partial charge on any atom is -0.396 e. The van der Waals surface area contributed by atoms with Gasteiger partial charge < -0.3 is 10.4 Å². The van der Waals surface area contributed by atoms with Gasteiger partial charge in [0.25, 0.3) is 0 Å². The molecule has 3 heteroatoms. The molecule has 84 valence electrons. The zero-order chi connectivity index (χ0) is 11.1. The molecule has 0 bridgehead atoms. The number of hydrogen-bond acceptors (Lipinski definition) is 2. The lowest BCUT2D eigenvalue weighted by atomic mass is 9.97. The van der Waals surface area contributed by atoms with Crippen LogP contribution in [0.1, 0.15) is 40.5 Å². The van der Waals surface area contributed by atoms with E-state index in [1.807, 2.05) is 27.7 Å². The summed E-state index contributed by atoms with van der Waals surface area (Å²) in [6, 6.07) is 0.163. The number of carbonyl (C=O) groups is 1. The Hall–Kier alpha value is -0.570. The van der Waals surface area contributed by atoms with E-state index in [9.17, 15) is 4.79 Å². The first-order valence-electron chi connectivity index (χ1n) is 5.40. The Morgan fingerprint density at radius 1 is 1.29 bits per heavy atom. The van der Waals surface area contributed by atoms with Crippen molar-refractivity contribution in [3.05, 3.63) is 0 Å². The normalized spacial score (nSPS) is 15.3. The fourth-order valence-electron chi connectivity index (χ4n) is 1.15. The summed E-state index contributed by atoms with van der Waals surface area (Å²) in [5.41, 5.74) is 0. The van der Waals surface area contributed by atoms with Crippen LogP contribution in [-0.4, -0.2) is 23.7 Å². The number of nitrogens with one attached hydrogen (secondary N) is 1. The van der Waals surface area contributed by atoms with Gasteiger partial charge in [0.1, 0.15) is 0 Å². The van der Waals surface area contributed by atoms with Crippen molar-refractivity contribution >= 4 is 5.91 Å². The van der Waals surface area contributed by atoms with Gasteiger partial charge in [0.05, 0.1) is 0 Å². The van der Waals surface area contributed by atoms with Gasteiger partial charge in [-0.2, -0.15) is 0 Å². The number of amides is 1. The van der Waals surface area contributed by atoms with Crippen LogP contribution in [0.3, 0.4) is 0 Å². The van der Waals surface area contributed by atoms with E-state index in [1.54, 1.807) is 0 Å². The van der Waals surface area contributed by atoms with Crippen molar-refractivity contribution in [1.29, 1.82) is 0 Å². The van der Waals surface area contributed by atoms with E-state index in [0.717, 1.165) is 12.8 Å². The molecule has 3 nitrogen and oxygen atoms in total. The first-order chi connectivity index (χ1) is 6.49. The van der Waals surface area contributed by atoms with Crippen molar-refractivity contribution in [3.63, 3.8) is 0 Å². The van der Waals surface area contributed by atoms with Crippen molar-refractivity contribution in [1.82, 2.24) is 5.32 Å². The zero-order valence-electron chi connectivity index (χ0n) is 9.71. The van der Waals surface area contributed by atoms with Crippen LogP contribution in [0.5, 0.6) is 0 Å². The highest BCUT2D eigenvalue weighted by Gasteiger charge is 2.17. The second kappa shape index (κ2) is 6.82. The third-order valence-electron chi connectivity index (χ3n) is 2.60. The molecule has 2 atom stereocenters. The lowest BCUT2D eigenvalue weighted by Crippen LogP contribution is -2.38. The number of rotatable bonds is 6. The van der Waals surface area contributed by atoms with Gasteiger partial charge in [-0.15, -0.1) is 0 Å². The molecule has 0 aliphatic carbocycles. The largest absolute Gasteiger partial charge is 0.396 e. The lowest BCUT2D eigenvalue weighted by molar-refractivity contribution is -0.126. The van der Waals surface area contributed by atoms with Crippen LogP contribution < -0.4 is 5.32 Å². The molecule has 0 aliphatic rings. The van der Waals surface area contributed by atoms with E-state index in [0.29, 0.717) is 5.92 Å².